The van der Waals surface area contributed by atoms with Crippen molar-refractivity contribution >= 4 is 11.7 Å². The monoisotopic (exact) mass is 214 g/mol. The fourth-order valence-corrected chi connectivity index (χ4v) is 1.33. The van der Waals surface area contributed by atoms with Crippen LogP contribution in [0.4, 0.5) is 0 Å². The van der Waals surface area contributed by atoms with Gasteiger partial charge in [-0.2, -0.15) is 0 Å². The van der Waals surface area contributed by atoms with Crippen molar-refractivity contribution in [3.05, 3.63) is 0 Å². The van der Waals surface area contributed by atoms with Crippen molar-refractivity contribution < 1.29 is 9.59 Å². The van der Waals surface area contributed by atoms with Crippen LogP contribution in [0.1, 0.15) is 34.6 Å². The highest BCUT2D eigenvalue weighted by Crippen LogP contribution is 2.19. The van der Waals surface area contributed by atoms with Crippen LogP contribution in [0, 0.1) is 5.41 Å². The van der Waals surface area contributed by atoms with Gasteiger partial charge in [0.2, 0.25) is 5.91 Å². The highest BCUT2D eigenvalue weighted by molar-refractivity contribution is 5.90. The lowest BCUT2D eigenvalue weighted by Gasteiger charge is -2.30. The van der Waals surface area contributed by atoms with Crippen LogP contribution in [-0.2, 0) is 9.59 Å². The highest BCUT2D eigenvalue weighted by atomic mass is 16.2. The quantitative estimate of drug-likeness (QED) is 0.725. The number of rotatable bonds is 4. The van der Waals surface area contributed by atoms with Crippen molar-refractivity contribution in [3.63, 3.8) is 0 Å². The molecular formula is C11H22N2O2. The summed E-state index contributed by atoms with van der Waals surface area (Å²) in [6.07, 6.45) is 0. The van der Waals surface area contributed by atoms with Crippen LogP contribution in [0.3, 0.4) is 0 Å². The number of carbonyl (C=O) groups is 2. The van der Waals surface area contributed by atoms with E-state index in [0.717, 1.165) is 0 Å². The first-order chi connectivity index (χ1) is 6.70. The Kier molecular flexibility index (Phi) is 4.94. The van der Waals surface area contributed by atoms with Crippen LogP contribution >= 0.6 is 0 Å². The van der Waals surface area contributed by atoms with Crippen LogP contribution in [0.5, 0.6) is 0 Å². The minimum Gasteiger partial charge on any atom is -0.344 e. The number of likely N-dealkylation sites (N-methyl/N-ethyl adjacent to an activating group) is 1. The molecule has 0 aromatic rings. The van der Waals surface area contributed by atoms with Crippen LogP contribution in [0.15, 0.2) is 0 Å². The molecule has 0 spiro atoms. The Bertz CT molecular complexity index is 243. The fraction of sp³-hybridized carbons (Fsp3) is 0.818. The second kappa shape index (κ2) is 5.26. The number of hydrogen-bond acceptors (Lipinski definition) is 3. The topological polar surface area (TPSA) is 58.2 Å². The Morgan fingerprint density at radius 3 is 1.93 bits per heavy atom. The summed E-state index contributed by atoms with van der Waals surface area (Å²) in [7, 11) is 1.71. The summed E-state index contributed by atoms with van der Waals surface area (Å²) in [6, 6.07) is -0.713. The van der Waals surface area contributed by atoms with E-state index >= 15 is 0 Å². The highest BCUT2D eigenvalue weighted by Gasteiger charge is 2.30. The van der Waals surface area contributed by atoms with Gasteiger partial charge in [0.1, 0.15) is 0 Å². The number of amides is 1. The second-order valence-electron chi connectivity index (χ2n) is 4.93. The Balaban J connectivity index is 4.58. The van der Waals surface area contributed by atoms with Gasteiger partial charge in [0.15, 0.2) is 5.78 Å². The number of hydrogen-bond donors (Lipinski definition) is 2. The molecule has 88 valence electrons. The molecular weight excluding hydrogens is 192 g/mol. The Morgan fingerprint density at radius 1 is 1.20 bits per heavy atom. The van der Waals surface area contributed by atoms with Crippen molar-refractivity contribution in [1.29, 1.82) is 0 Å². The van der Waals surface area contributed by atoms with Crippen LogP contribution in [-0.4, -0.2) is 30.8 Å². The summed E-state index contributed by atoms with van der Waals surface area (Å²) in [5, 5.41) is 5.59. The van der Waals surface area contributed by atoms with E-state index in [4.69, 9.17) is 0 Å². The maximum Gasteiger partial charge on any atom is 0.237 e. The smallest absolute Gasteiger partial charge is 0.237 e. The fourth-order valence-electron chi connectivity index (χ4n) is 1.33. The lowest BCUT2D eigenvalue weighted by molar-refractivity contribution is -0.130. The first-order valence-corrected chi connectivity index (χ1v) is 5.18. The van der Waals surface area contributed by atoms with Gasteiger partial charge in [0.25, 0.3) is 0 Å². The maximum atomic E-state index is 11.6. The standard InChI is InChI=1S/C11H22N2O2/c1-7(12-6)10(15)13-9(8(2)14)11(3,4)5/h7,9,12H,1-6H3,(H,13,15). The van der Waals surface area contributed by atoms with Gasteiger partial charge >= 0.3 is 0 Å². The molecule has 0 aromatic heterocycles. The molecule has 0 fully saturated rings. The van der Waals surface area contributed by atoms with Gasteiger partial charge in [-0.1, -0.05) is 20.8 Å². The summed E-state index contributed by atoms with van der Waals surface area (Å²) in [4.78, 5) is 23.0. The van der Waals surface area contributed by atoms with Crippen LogP contribution in [0.25, 0.3) is 0 Å². The van der Waals surface area contributed by atoms with Crippen LogP contribution < -0.4 is 10.6 Å². The molecule has 0 saturated carbocycles. The minimum atomic E-state index is -0.430. The van der Waals surface area contributed by atoms with Gasteiger partial charge in [0.05, 0.1) is 12.1 Å². The number of nitrogens with one attached hydrogen (secondary N) is 2. The summed E-state index contributed by atoms with van der Waals surface area (Å²) in [5.74, 6) is -0.160. The zero-order valence-electron chi connectivity index (χ0n) is 10.5. The van der Waals surface area contributed by atoms with Crippen molar-refractivity contribution in [1.82, 2.24) is 10.6 Å². The molecule has 0 aliphatic carbocycles. The van der Waals surface area contributed by atoms with E-state index in [1.165, 1.54) is 6.92 Å². The van der Waals surface area contributed by atoms with E-state index in [0.29, 0.717) is 0 Å². The van der Waals surface area contributed by atoms with Crippen molar-refractivity contribution in [2.75, 3.05) is 7.05 Å². The molecule has 2 unspecified atom stereocenters. The summed E-state index contributed by atoms with van der Waals surface area (Å²) >= 11 is 0. The minimum absolute atomic E-state index is 0.0147. The predicted molar refractivity (Wildman–Crippen MR) is 60.6 cm³/mol. The average molecular weight is 214 g/mol. The predicted octanol–water partition coefficient (Wildman–Crippen LogP) is 0.714. The van der Waals surface area contributed by atoms with E-state index in [1.54, 1.807) is 14.0 Å². The summed E-state index contributed by atoms with van der Waals surface area (Å²) in [5.41, 5.74) is -0.255. The molecule has 0 radical (unpaired) electrons. The molecule has 15 heavy (non-hydrogen) atoms. The molecule has 0 aliphatic rings. The Morgan fingerprint density at radius 2 is 1.67 bits per heavy atom. The third-order valence-corrected chi connectivity index (χ3v) is 2.39. The molecule has 2 N–H and O–H groups in total. The van der Waals surface area contributed by atoms with E-state index < -0.39 is 6.04 Å². The maximum absolute atomic E-state index is 11.6. The third-order valence-electron chi connectivity index (χ3n) is 2.39. The molecule has 4 nitrogen and oxygen atoms in total. The molecule has 4 heteroatoms. The lowest BCUT2D eigenvalue weighted by Crippen LogP contribution is -2.52. The molecule has 0 rings (SSSR count). The van der Waals surface area contributed by atoms with Crippen molar-refractivity contribution in [2.24, 2.45) is 5.41 Å². The molecule has 0 aromatic carbocycles. The number of ketones is 1. The molecule has 2 atom stereocenters. The average Bonchev–Trinajstić information content (AvgIpc) is 2.09. The summed E-state index contributed by atoms with van der Waals surface area (Å²) in [6.45, 7) is 9.06. The summed E-state index contributed by atoms with van der Waals surface area (Å²) < 4.78 is 0. The van der Waals surface area contributed by atoms with Gasteiger partial charge in [-0.25, -0.2) is 0 Å². The van der Waals surface area contributed by atoms with Gasteiger partial charge in [-0.15, -0.1) is 0 Å². The van der Waals surface area contributed by atoms with Gasteiger partial charge in [-0.3, -0.25) is 9.59 Å². The largest absolute Gasteiger partial charge is 0.344 e. The van der Waals surface area contributed by atoms with Crippen molar-refractivity contribution in [3.8, 4) is 0 Å². The molecule has 1 amide bonds. The first-order valence-electron chi connectivity index (χ1n) is 5.18. The SMILES string of the molecule is CNC(C)C(=O)NC(C(C)=O)C(C)(C)C. The second-order valence-corrected chi connectivity index (χ2v) is 4.93. The van der Waals surface area contributed by atoms with Gasteiger partial charge in [0, 0.05) is 0 Å². The molecule has 0 saturated heterocycles. The number of carbonyl (C=O) groups excluding carboxylic acids is 2. The first kappa shape index (κ1) is 14.1. The van der Waals surface area contributed by atoms with E-state index in [2.05, 4.69) is 10.6 Å². The lowest BCUT2D eigenvalue weighted by atomic mass is 9.84. The molecule has 0 aliphatic heterocycles. The normalized spacial score (nSPS) is 15.6. The van der Waals surface area contributed by atoms with E-state index in [9.17, 15) is 9.59 Å². The van der Waals surface area contributed by atoms with E-state index in [1.807, 2.05) is 20.8 Å². The molecule has 0 bridgehead atoms. The Hall–Kier alpha value is -0.900. The van der Waals surface area contributed by atoms with Gasteiger partial charge in [-0.05, 0) is 26.3 Å². The van der Waals surface area contributed by atoms with E-state index in [-0.39, 0.29) is 23.1 Å². The van der Waals surface area contributed by atoms with Crippen LogP contribution in [0.2, 0.25) is 0 Å². The zero-order chi connectivity index (χ0) is 12.2. The molecule has 0 heterocycles. The van der Waals surface area contributed by atoms with Crippen molar-refractivity contribution in [2.45, 2.75) is 46.7 Å². The number of Topliss-reactive ketones (excluding diaryl/α,β-unsaturated/α-hetero) is 1. The van der Waals surface area contributed by atoms with Gasteiger partial charge < -0.3 is 10.6 Å². The Labute approximate surface area is 91.8 Å². The third kappa shape index (κ3) is 4.42. The zero-order valence-corrected chi connectivity index (χ0v) is 10.5.